The summed E-state index contributed by atoms with van der Waals surface area (Å²) in [5.74, 6) is 0. The van der Waals surface area contributed by atoms with Crippen LogP contribution >= 0.6 is 15.9 Å². The summed E-state index contributed by atoms with van der Waals surface area (Å²) in [6.07, 6.45) is -0.841. The van der Waals surface area contributed by atoms with E-state index in [0.29, 0.717) is 23.1 Å². The van der Waals surface area contributed by atoms with Crippen molar-refractivity contribution in [2.24, 2.45) is 5.73 Å². The number of hydrogen-bond donors (Lipinski definition) is 2. The number of nitro benzene ring substituents is 1. The molecule has 0 aliphatic heterocycles. The van der Waals surface area contributed by atoms with Crippen LogP contribution in [0, 0.1) is 10.1 Å². The molecule has 3 N–H and O–H groups in total. The van der Waals surface area contributed by atoms with Gasteiger partial charge in [-0.1, -0.05) is 15.9 Å². The van der Waals surface area contributed by atoms with Gasteiger partial charge in [0.25, 0.3) is 5.69 Å². The van der Waals surface area contributed by atoms with E-state index in [4.69, 9.17) is 5.73 Å². The monoisotopic (exact) mass is 317 g/mol. The lowest BCUT2D eigenvalue weighted by Gasteiger charge is -2.06. The van der Waals surface area contributed by atoms with Gasteiger partial charge in [-0.3, -0.25) is 10.1 Å². The molecule has 1 amide bonds. The number of ether oxygens (including phenoxy) is 1. The number of primary amides is 1. The average Bonchev–Trinajstić information content (AvgIpc) is 2.29. The van der Waals surface area contributed by atoms with Crippen molar-refractivity contribution in [2.75, 3.05) is 13.2 Å². The van der Waals surface area contributed by atoms with Crippen molar-refractivity contribution in [3.8, 4) is 0 Å². The van der Waals surface area contributed by atoms with E-state index in [1.807, 2.05) is 0 Å². The van der Waals surface area contributed by atoms with Crippen molar-refractivity contribution in [1.29, 1.82) is 0 Å². The topological polar surface area (TPSA) is 107 Å². The molecule has 1 aromatic rings. The third-order valence-electron chi connectivity index (χ3n) is 2.08. The van der Waals surface area contributed by atoms with Crippen molar-refractivity contribution in [3.63, 3.8) is 0 Å². The third-order valence-corrected chi connectivity index (χ3v) is 2.58. The van der Waals surface area contributed by atoms with Crippen LogP contribution in [0.15, 0.2) is 22.7 Å². The van der Waals surface area contributed by atoms with Gasteiger partial charge in [0.05, 0.1) is 4.92 Å². The number of benzene rings is 1. The Morgan fingerprint density at radius 2 is 2.28 bits per heavy atom. The minimum Gasteiger partial charge on any atom is -0.448 e. The van der Waals surface area contributed by atoms with E-state index in [-0.39, 0.29) is 12.3 Å². The Balaban J connectivity index is 2.51. The van der Waals surface area contributed by atoms with E-state index in [2.05, 4.69) is 26.0 Å². The maximum absolute atomic E-state index is 10.8. The second-order valence-corrected chi connectivity index (χ2v) is 4.29. The molecule has 1 aromatic carbocycles. The average molecular weight is 318 g/mol. The number of halogens is 1. The number of nitrogens with two attached hydrogens (primary N) is 1. The number of carbonyl (C=O) groups is 1. The highest BCUT2D eigenvalue weighted by atomic mass is 79.9. The Hall–Kier alpha value is -1.67. The molecular formula is C10H12BrN3O4. The molecule has 0 saturated carbocycles. The Bertz CT molecular complexity index is 453. The lowest BCUT2D eigenvalue weighted by Crippen LogP contribution is -2.23. The van der Waals surface area contributed by atoms with Gasteiger partial charge < -0.3 is 15.8 Å². The van der Waals surface area contributed by atoms with Crippen LogP contribution in [0.3, 0.4) is 0 Å². The number of hydrogen-bond acceptors (Lipinski definition) is 5. The smallest absolute Gasteiger partial charge is 0.404 e. The molecule has 0 aliphatic carbocycles. The van der Waals surface area contributed by atoms with Crippen molar-refractivity contribution < 1.29 is 14.5 Å². The number of amides is 1. The first kappa shape index (κ1) is 14.4. The summed E-state index contributed by atoms with van der Waals surface area (Å²) in [7, 11) is 0. The van der Waals surface area contributed by atoms with Crippen LogP contribution in [0.4, 0.5) is 10.5 Å². The summed E-state index contributed by atoms with van der Waals surface area (Å²) in [4.78, 5) is 20.7. The zero-order valence-electron chi connectivity index (χ0n) is 9.39. The van der Waals surface area contributed by atoms with Crippen LogP contribution in [-0.2, 0) is 11.3 Å². The van der Waals surface area contributed by atoms with Gasteiger partial charge in [-0.15, -0.1) is 0 Å². The fourth-order valence-corrected chi connectivity index (χ4v) is 1.65. The summed E-state index contributed by atoms with van der Waals surface area (Å²) in [6, 6.07) is 4.82. The summed E-state index contributed by atoms with van der Waals surface area (Å²) in [5, 5.41) is 13.7. The quantitative estimate of drug-likeness (QED) is 0.470. The standard InChI is InChI=1S/C10H12BrN3O4/c11-8-2-1-7(9(5-8)14(16)17)6-13-3-4-18-10(12)15/h1-2,5,13H,3-4,6H2,(H2,12,15). The number of nitrogens with zero attached hydrogens (tertiary/aromatic N) is 1. The third kappa shape index (κ3) is 4.68. The molecule has 0 atom stereocenters. The number of carbonyl (C=O) groups excluding carboxylic acids is 1. The molecule has 7 nitrogen and oxygen atoms in total. The molecule has 0 spiro atoms. The predicted molar refractivity (Wildman–Crippen MR) is 68.0 cm³/mol. The van der Waals surface area contributed by atoms with Gasteiger partial charge in [-0.2, -0.15) is 0 Å². The zero-order chi connectivity index (χ0) is 13.5. The van der Waals surface area contributed by atoms with Gasteiger partial charge in [0, 0.05) is 29.2 Å². The molecule has 0 radical (unpaired) electrons. The molecular weight excluding hydrogens is 306 g/mol. The van der Waals surface area contributed by atoms with Gasteiger partial charge in [-0.25, -0.2) is 4.79 Å². The second kappa shape index (κ2) is 6.92. The largest absolute Gasteiger partial charge is 0.448 e. The van der Waals surface area contributed by atoms with Crippen molar-refractivity contribution >= 4 is 27.7 Å². The summed E-state index contributed by atoms with van der Waals surface area (Å²) >= 11 is 3.18. The van der Waals surface area contributed by atoms with Crippen LogP contribution < -0.4 is 11.1 Å². The fraction of sp³-hybridized carbons (Fsp3) is 0.300. The van der Waals surface area contributed by atoms with Crippen LogP contribution in [0.25, 0.3) is 0 Å². The Morgan fingerprint density at radius 3 is 2.89 bits per heavy atom. The van der Waals surface area contributed by atoms with Crippen molar-refractivity contribution in [2.45, 2.75) is 6.54 Å². The molecule has 0 bridgehead atoms. The maximum atomic E-state index is 10.8. The highest BCUT2D eigenvalue weighted by Crippen LogP contribution is 2.23. The van der Waals surface area contributed by atoms with E-state index >= 15 is 0 Å². The van der Waals surface area contributed by atoms with Crippen LogP contribution in [-0.4, -0.2) is 24.2 Å². The molecule has 0 heterocycles. The van der Waals surface area contributed by atoms with Crippen molar-refractivity contribution in [1.82, 2.24) is 5.32 Å². The van der Waals surface area contributed by atoms with E-state index in [0.717, 1.165) is 0 Å². The van der Waals surface area contributed by atoms with Gasteiger partial charge in [-0.05, 0) is 12.1 Å². The lowest BCUT2D eigenvalue weighted by molar-refractivity contribution is -0.385. The predicted octanol–water partition coefficient (Wildman–Crippen LogP) is 1.54. The Morgan fingerprint density at radius 1 is 1.56 bits per heavy atom. The SMILES string of the molecule is NC(=O)OCCNCc1ccc(Br)cc1[N+](=O)[O-]. The minimum atomic E-state index is -0.841. The zero-order valence-corrected chi connectivity index (χ0v) is 11.0. The molecule has 0 aromatic heterocycles. The molecule has 0 saturated heterocycles. The lowest BCUT2D eigenvalue weighted by atomic mass is 10.2. The maximum Gasteiger partial charge on any atom is 0.404 e. The molecule has 0 unspecified atom stereocenters. The fourth-order valence-electron chi connectivity index (χ4n) is 1.30. The number of nitrogens with one attached hydrogen (secondary N) is 1. The van der Waals surface area contributed by atoms with E-state index in [9.17, 15) is 14.9 Å². The summed E-state index contributed by atoms with van der Waals surface area (Å²) < 4.78 is 5.16. The summed E-state index contributed by atoms with van der Waals surface area (Å²) in [5.41, 5.74) is 5.38. The van der Waals surface area contributed by atoms with E-state index < -0.39 is 11.0 Å². The normalized spacial score (nSPS) is 10.1. The number of rotatable bonds is 6. The summed E-state index contributed by atoms with van der Waals surface area (Å²) in [6.45, 7) is 0.807. The van der Waals surface area contributed by atoms with E-state index in [1.54, 1.807) is 12.1 Å². The Labute approximate surface area is 112 Å². The van der Waals surface area contributed by atoms with Gasteiger partial charge >= 0.3 is 6.09 Å². The number of nitro groups is 1. The first-order valence-electron chi connectivity index (χ1n) is 5.06. The molecule has 0 fully saturated rings. The first-order chi connectivity index (χ1) is 8.50. The highest BCUT2D eigenvalue weighted by molar-refractivity contribution is 9.10. The van der Waals surface area contributed by atoms with Gasteiger partial charge in [0.15, 0.2) is 0 Å². The molecule has 98 valence electrons. The van der Waals surface area contributed by atoms with Crippen LogP contribution in [0.2, 0.25) is 0 Å². The highest BCUT2D eigenvalue weighted by Gasteiger charge is 2.13. The van der Waals surface area contributed by atoms with Gasteiger partial charge in [0.1, 0.15) is 6.61 Å². The van der Waals surface area contributed by atoms with Crippen LogP contribution in [0.1, 0.15) is 5.56 Å². The minimum absolute atomic E-state index is 0.0349. The van der Waals surface area contributed by atoms with Crippen molar-refractivity contribution in [3.05, 3.63) is 38.3 Å². The van der Waals surface area contributed by atoms with E-state index in [1.165, 1.54) is 6.07 Å². The Kier molecular flexibility index (Phi) is 5.53. The molecule has 18 heavy (non-hydrogen) atoms. The molecule has 1 rings (SSSR count). The molecule has 8 heteroatoms. The van der Waals surface area contributed by atoms with Gasteiger partial charge in [0.2, 0.25) is 0 Å². The first-order valence-corrected chi connectivity index (χ1v) is 5.86. The molecule has 0 aliphatic rings. The van der Waals surface area contributed by atoms with Crippen LogP contribution in [0.5, 0.6) is 0 Å². The second-order valence-electron chi connectivity index (χ2n) is 3.37.